The highest BCUT2D eigenvalue weighted by molar-refractivity contribution is 5.48. The predicted molar refractivity (Wildman–Crippen MR) is 47.7 cm³/mol. The van der Waals surface area contributed by atoms with Gasteiger partial charge in [0, 0.05) is 18.0 Å². The minimum atomic E-state index is -0.0505. The molecule has 0 spiro atoms. The summed E-state index contributed by atoms with van der Waals surface area (Å²) in [6, 6.07) is 1.53. The lowest BCUT2D eigenvalue weighted by molar-refractivity contribution is 0.827. The van der Waals surface area contributed by atoms with E-state index in [0.717, 1.165) is 18.5 Å². The summed E-state index contributed by atoms with van der Waals surface area (Å²) in [5.74, 6) is 0. The van der Waals surface area contributed by atoms with Crippen molar-refractivity contribution in [2.24, 2.45) is 0 Å². The largest absolute Gasteiger partial charge is 0.268 e. The average Bonchev–Trinajstić information content (AvgIpc) is 2.54. The first-order chi connectivity index (χ1) is 5.86. The van der Waals surface area contributed by atoms with Crippen LogP contribution in [0, 0.1) is 0 Å². The van der Waals surface area contributed by atoms with Gasteiger partial charge in [0.1, 0.15) is 0 Å². The molecule has 0 fully saturated rings. The molecule has 1 N–H and O–H groups in total. The van der Waals surface area contributed by atoms with Crippen molar-refractivity contribution in [3.8, 4) is 0 Å². The third-order valence-electron chi connectivity index (χ3n) is 1.91. The zero-order chi connectivity index (χ0) is 8.39. The van der Waals surface area contributed by atoms with Crippen molar-refractivity contribution in [2.75, 3.05) is 0 Å². The summed E-state index contributed by atoms with van der Waals surface area (Å²) >= 11 is 0. The lowest BCUT2D eigenvalue weighted by atomic mass is 10.1. The van der Waals surface area contributed by atoms with Crippen molar-refractivity contribution >= 4 is 5.70 Å². The Morgan fingerprint density at radius 2 is 2.42 bits per heavy atom. The molecule has 62 valence electrons. The van der Waals surface area contributed by atoms with E-state index in [1.165, 1.54) is 6.07 Å². The lowest BCUT2D eigenvalue weighted by Crippen LogP contribution is -2.05. The highest BCUT2D eigenvalue weighted by atomic mass is 16.1. The molecule has 1 aliphatic rings. The molecule has 3 heteroatoms. The number of rotatable bonds is 1. The van der Waals surface area contributed by atoms with E-state index < -0.39 is 0 Å². The van der Waals surface area contributed by atoms with Crippen LogP contribution < -0.4 is 5.56 Å². The Kier molecular flexibility index (Phi) is 1.70. The summed E-state index contributed by atoms with van der Waals surface area (Å²) in [4.78, 5) is 10.8. The Balaban J connectivity index is 2.36. The molecule has 0 aliphatic heterocycles. The van der Waals surface area contributed by atoms with Crippen LogP contribution in [-0.2, 0) is 0 Å². The summed E-state index contributed by atoms with van der Waals surface area (Å²) in [6.45, 7) is 0. The highest BCUT2D eigenvalue weighted by Gasteiger charge is 2.01. The Bertz CT molecular complexity index is 381. The second-order valence-corrected chi connectivity index (χ2v) is 2.79. The number of aromatic nitrogens is 2. The Labute approximate surface area is 70.0 Å². The van der Waals surface area contributed by atoms with Crippen molar-refractivity contribution < 1.29 is 0 Å². The quantitative estimate of drug-likeness (QED) is 0.665. The van der Waals surface area contributed by atoms with Crippen LogP contribution in [0.2, 0.25) is 0 Å². The standard InChI is InChI=1S/C9H10N2O/c12-9-6-7-11(10-9)8-4-2-1-3-5-8/h1-2,4,6-7H,3,5H2,(H,10,12). The number of hydrogen-bond acceptors (Lipinski definition) is 1. The molecular formula is C9H10N2O. The van der Waals surface area contributed by atoms with E-state index >= 15 is 0 Å². The monoisotopic (exact) mass is 162 g/mol. The van der Waals surface area contributed by atoms with Gasteiger partial charge in [-0.1, -0.05) is 12.2 Å². The number of H-pyrrole nitrogens is 1. The van der Waals surface area contributed by atoms with Gasteiger partial charge >= 0.3 is 0 Å². The van der Waals surface area contributed by atoms with Crippen LogP contribution in [0.4, 0.5) is 0 Å². The van der Waals surface area contributed by atoms with Crippen molar-refractivity contribution in [1.29, 1.82) is 0 Å². The smallest absolute Gasteiger partial charge is 0.264 e. The molecule has 0 saturated heterocycles. The van der Waals surface area contributed by atoms with Gasteiger partial charge in [-0.3, -0.25) is 14.6 Å². The molecule has 12 heavy (non-hydrogen) atoms. The van der Waals surface area contributed by atoms with Gasteiger partial charge in [0.15, 0.2) is 0 Å². The van der Waals surface area contributed by atoms with E-state index in [9.17, 15) is 4.79 Å². The zero-order valence-electron chi connectivity index (χ0n) is 6.66. The van der Waals surface area contributed by atoms with Gasteiger partial charge in [0.2, 0.25) is 0 Å². The van der Waals surface area contributed by atoms with Crippen LogP contribution >= 0.6 is 0 Å². The van der Waals surface area contributed by atoms with Crippen molar-refractivity contribution in [1.82, 2.24) is 9.78 Å². The number of nitrogens with zero attached hydrogens (tertiary/aromatic N) is 1. The van der Waals surface area contributed by atoms with Gasteiger partial charge in [-0.2, -0.15) is 0 Å². The summed E-state index contributed by atoms with van der Waals surface area (Å²) < 4.78 is 1.77. The molecule has 0 aromatic carbocycles. The number of allylic oxidation sites excluding steroid dienone is 4. The maximum absolute atomic E-state index is 10.8. The highest BCUT2D eigenvalue weighted by Crippen LogP contribution is 2.14. The molecule has 0 unspecified atom stereocenters. The average molecular weight is 162 g/mol. The van der Waals surface area contributed by atoms with Crippen LogP contribution in [-0.4, -0.2) is 9.78 Å². The van der Waals surface area contributed by atoms with Crippen LogP contribution in [0.5, 0.6) is 0 Å². The molecule has 1 aromatic heterocycles. The second kappa shape index (κ2) is 2.85. The van der Waals surface area contributed by atoms with E-state index in [-0.39, 0.29) is 5.56 Å². The molecule has 0 atom stereocenters. The SMILES string of the molecule is O=c1ccn(C2=CC=CCC2)[nH]1. The molecule has 1 aromatic rings. The molecule has 1 heterocycles. The van der Waals surface area contributed by atoms with Gasteiger partial charge in [-0.25, -0.2) is 0 Å². The normalized spacial score (nSPS) is 16.2. The maximum Gasteiger partial charge on any atom is 0.264 e. The predicted octanol–water partition coefficient (Wildman–Crippen LogP) is 1.37. The van der Waals surface area contributed by atoms with Crippen molar-refractivity contribution in [3.05, 3.63) is 40.8 Å². The molecule has 0 bridgehead atoms. The number of hydrogen-bond donors (Lipinski definition) is 1. The molecule has 0 amide bonds. The Morgan fingerprint density at radius 3 is 3.00 bits per heavy atom. The summed E-state index contributed by atoms with van der Waals surface area (Å²) in [7, 11) is 0. The first-order valence-corrected chi connectivity index (χ1v) is 4.00. The number of nitrogens with one attached hydrogen (secondary N) is 1. The summed E-state index contributed by atoms with van der Waals surface area (Å²) in [5.41, 5.74) is 1.09. The van der Waals surface area contributed by atoms with Gasteiger partial charge in [-0.05, 0) is 18.9 Å². The van der Waals surface area contributed by atoms with Crippen LogP contribution in [0.3, 0.4) is 0 Å². The lowest BCUT2D eigenvalue weighted by Gasteiger charge is -2.08. The first-order valence-electron chi connectivity index (χ1n) is 4.00. The fraction of sp³-hybridized carbons (Fsp3) is 0.222. The maximum atomic E-state index is 10.8. The summed E-state index contributed by atoms with van der Waals surface area (Å²) in [6.07, 6.45) is 9.93. The second-order valence-electron chi connectivity index (χ2n) is 2.79. The fourth-order valence-electron chi connectivity index (χ4n) is 1.29. The Morgan fingerprint density at radius 1 is 1.50 bits per heavy atom. The first kappa shape index (κ1) is 7.16. The van der Waals surface area contributed by atoms with Crippen LogP contribution in [0.1, 0.15) is 12.8 Å². The van der Waals surface area contributed by atoms with E-state index in [0.29, 0.717) is 0 Å². The minimum Gasteiger partial charge on any atom is -0.268 e. The summed E-state index contributed by atoms with van der Waals surface area (Å²) in [5, 5.41) is 2.70. The molecule has 0 radical (unpaired) electrons. The van der Waals surface area contributed by atoms with Gasteiger partial charge < -0.3 is 0 Å². The van der Waals surface area contributed by atoms with Crippen molar-refractivity contribution in [3.63, 3.8) is 0 Å². The van der Waals surface area contributed by atoms with Gasteiger partial charge in [0.05, 0.1) is 0 Å². The van der Waals surface area contributed by atoms with Gasteiger partial charge in [-0.15, -0.1) is 0 Å². The van der Waals surface area contributed by atoms with Crippen LogP contribution in [0.25, 0.3) is 5.70 Å². The van der Waals surface area contributed by atoms with E-state index in [1.807, 2.05) is 12.2 Å². The van der Waals surface area contributed by atoms with E-state index in [1.54, 1.807) is 10.9 Å². The molecule has 3 nitrogen and oxygen atoms in total. The third-order valence-corrected chi connectivity index (χ3v) is 1.91. The van der Waals surface area contributed by atoms with Gasteiger partial charge in [0.25, 0.3) is 5.56 Å². The molecule has 0 saturated carbocycles. The Hall–Kier alpha value is -1.51. The molecular weight excluding hydrogens is 152 g/mol. The molecule has 2 rings (SSSR count). The third kappa shape index (κ3) is 1.25. The topological polar surface area (TPSA) is 37.8 Å². The van der Waals surface area contributed by atoms with Crippen molar-refractivity contribution in [2.45, 2.75) is 12.8 Å². The minimum absolute atomic E-state index is 0.0505. The van der Waals surface area contributed by atoms with Crippen LogP contribution in [0.15, 0.2) is 35.3 Å². The molecule has 1 aliphatic carbocycles. The van der Waals surface area contributed by atoms with E-state index in [2.05, 4.69) is 11.2 Å². The zero-order valence-corrected chi connectivity index (χ0v) is 6.66. The van der Waals surface area contributed by atoms with E-state index in [4.69, 9.17) is 0 Å². The fourth-order valence-corrected chi connectivity index (χ4v) is 1.29. The number of aromatic amines is 1.